The zero-order chi connectivity index (χ0) is 15.9. The fourth-order valence-corrected chi connectivity index (χ4v) is 3.63. The van der Waals surface area contributed by atoms with Gasteiger partial charge in [-0.3, -0.25) is 0 Å². The Morgan fingerprint density at radius 2 is 1.96 bits per heavy atom. The molecule has 5 nitrogen and oxygen atoms in total. The van der Waals surface area contributed by atoms with E-state index in [1.807, 2.05) is 31.2 Å². The minimum Gasteiger partial charge on any atom is -0.487 e. The molecule has 2 aliphatic rings. The molecule has 4 rings (SSSR count). The average molecular weight is 311 g/mol. The Morgan fingerprint density at radius 1 is 1.22 bits per heavy atom. The highest BCUT2D eigenvalue weighted by atomic mass is 16.5. The summed E-state index contributed by atoms with van der Waals surface area (Å²) in [4.78, 5) is 10.8. The Kier molecular flexibility index (Phi) is 3.45. The van der Waals surface area contributed by atoms with Gasteiger partial charge in [-0.1, -0.05) is 11.6 Å². The molecular weight excluding hydrogens is 290 g/mol. The van der Waals surface area contributed by atoms with Gasteiger partial charge in [-0.2, -0.15) is 0 Å². The Hall–Kier alpha value is -2.14. The van der Waals surface area contributed by atoms with Crippen LogP contribution < -0.4 is 9.64 Å². The molecule has 0 amide bonds. The van der Waals surface area contributed by atoms with Crippen molar-refractivity contribution in [3.63, 3.8) is 0 Å². The maximum Gasteiger partial charge on any atom is 0.225 e. The number of fused-ring (bicyclic) bond motifs is 1. The zero-order valence-electron chi connectivity index (χ0n) is 13.3. The molecule has 0 saturated carbocycles. The van der Waals surface area contributed by atoms with Crippen molar-refractivity contribution >= 4 is 5.95 Å². The highest BCUT2D eigenvalue weighted by Gasteiger charge is 2.43. The van der Waals surface area contributed by atoms with Crippen LogP contribution in [0.1, 0.15) is 36.5 Å². The number of benzene rings is 1. The van der Waals surface area contributed by atoms with Gasteiger partial charge in [0.05, 0.1) is 6.10 Å². The molecule has 2 aliphatic heterocycles. The number of nitrogens with zero attached hydrogens (tertiary/aromatic N) is 3. The van der Waals surface area contributed by atoms with Crippen LogP contribution in [0.5, 0.6) is 5.75 Å². The number of hydrogen-bond acceptors (Lipinski definition) is 5. The van der Waals surface area contributed by atoms with Gasteiger partial charge in [0, 0.05) is 50.3 Å². The van der Waals surface area contributed by atoms with E-state index in [9.17, 15) is 5.11 Å². The number of ether oxygens (including phenoxy) is 1. The molecule has 1 aromatic carbocycles. The summed E-state index contributed by atoms with van der Waals surface area (Å²) in [5.41, 5.74) is 1.80. The number of aryl methyl sites for hydroxylation is 1. The number of hydrogen-bond donors (Lipinski definition) is 1. The van der Waals surface area contributed by atoms with Gasteiger partial charge in [-0.15, -0.1) is 0 Å². The molecular formula is C18H21N3O2. The normalized spacial score (nSPS) is 22.5. The van der Waals surface area contributed by atoms with E-state index < -0.39 is 6.10 Å². The second-order valence-corrected chi connectivity index (χ2v) is 6.58. The van der Waals surface area contributed by atoms with Crippen molar-refractivity contribution in [1.29, 1.82) is 0 Å². The van der Waals surface area contributed by atoms with Gasteiger partial charge < -0.3 is 14.7 Å². The van der Waals surface area contributed by atoms with E-state index in [1.165, 1.54) is 0 Å². The van der Waals surface area contributed by atoms with E-state index >= 15 is 0 Å². The lowest BCUT2D eigenvalue weighted by atomic mass is 9.81. The van der Waals surface area contributed by atoms with Gasteiger partial charge in [0.2, 0.25) is 5.95 Å². The van der Waals surface area contributed by atoms with Crippen LogP contribution in [0.2, 0.25) is 0 Å². The molecule has 2 aromatic rings. The maximum atomic E-state index is 10.6. The second-order valence-electron chi connectivity index (χ2n) is 6.58. The van der Waals surface area contributed by atoms with Crippen molar-refractivity contribution in [3.8, 4) is 5.75 Å². The first kappa shape index (κ1) is 14.5. The summed E-state index contributed by atoms with van der Waals surface area (Å²) < 4.78 is 6.34. The molecule has 1 spiro atoms. The van der Waals surface area contributed by atoms with Gasteiger partial charge in [0.1, 0.15) is 11.4 Å². The van der Waals surface area contributed by atoms with Crippen LogP contribution in [0.15, 0.2) is 36.7 Å². The molecule has 3 heterocycles. The van der Waals surface area contributed by atoms with Crippen molar-refractivity contribution < 1.29 is 9.84 Å². The van der Waals surface area contributed by atoms with E-state index in [0.29, 0.717) is 6.42 Å². The first-order valence-corrected chi connectivity index (χ1v) is 8.15. The smallest absolute Gasteiger partial charge is 0.225 e. The largest absolute Gasteiger partial charge is 0.487 e. The molecule has 1 atom stereocenters. The number of aliphatic hydroxyl groups excluding tert-OH is 1. The van der Waals surface area contributed by atoms with Gasteiger partial charge in [0.15, 0.2) is 0 Å². The molecule has 120 valence electrons. The fourth-order valence-electron chi connectivity index (χ4n) is 3.63. The summed E-state index contributed by atoms with van der Waals surface area (Å²) in [5, 5.41) is 10.6. The number of anilines is 1. The molecule has 1 N–H and O–H groups in total. The van der Waals surface area contributed by atoms with Crippen LogP contribution >= 0.6 is 0 Å². The Labute approximate surface area is 136 Å². The zero-order valence-corrected chi connectivity index (χ0v) is 13.3. The van der Waals surface area contributed by atoms with Crippen molar-refractivity contribution in [2.24, 2.45) is 0 Å². The highest BCUT2D eigenvalue weighted by Crippen LogP contribution is 2.44. The Morgan fingerprint density at radius 3 is 2.70 bits per heavy atom. The van der Waals surface area contributed by atoms with Crippen LogP contribution in [0.4, 0.5) is 5.95 Å². The van der Waals surface area contributed by atoms with Gasteiger partial charge in [-0.25, -0.2) is 9.97 Å². The molecule has 1 saturated heterocycles. The summed E-state index contributed by atoms with van der Waals surface area (Å²) in [6.07, 6.45) is 5.49. The van der Waals surface area contributed by atoms with E-state index in [2.05, 4.69) is 14.9 Å². The molecule has 1 fully saturated rings. The van der Waals surface area contributed by atoms with Crippen molar-refractivity contribution in [2.75, 3.05) is 18.0 Å². The van der Waals surface area contributed by atoms with E-state index in [-0.39, 0.29) is 5.60 Å². The summed E-state index contributed by atoms with van der Waals surface area (Å²) >= 11 is 0. The van der Waals surface area contributed by atoms with Gasteiger partial charge in [0.25, 0.3) is 0 Å². The van der Waals surface area contributed by atoms with Crippen LogP contribution in [0.25, 0.3) is 0 Å². The number of rotatable bonds is 1. The van der Waals surface area contributed by atoms with Crippen LogP contribution in [0.3, 0.4) is 0 Å². The quantitative estimate of drug-likeness (QED) is 0.877. The third-order valence-electron chi connectivity index (χ3n) is 4.93. The summed E-state index contributed by atoms with van der Waals surface area (Å²) in [5.74, 6) is 1.61. The number of aromatic nitrogens is 2. The summed E-state index contributed by atoms with van der Waals surface area (Å²) in [6.45, 7) is 3.73. The van der Waals surface area contributed by atoms with E-state index in [0.717, 1.165) is 48.8 Å². The first-order chi connectivity index (χ1) is 11.2. The molecule has 0 bridgehead atoms. The molecule has 0 radical (unpaired) electrons. The van der Waals surface area contributed by atoms with E-state index in [1.54, 1.807) is 12.4 Å². The molecule has 5 heteroatoms. The monoisotopic (exact) mass is 311 g/mol. The maximum absolute atomic E-state index is 10.6. The molecule has 1 unspecified atom stereocenters. The van der Waals surface area contributed by atoms with Crippen LogP contribution in [0, 0.1) is 6.92 Å². The molecule has 0 aliphatic carbocycles. The topological polar surface area (TPSA) is 58.5 Å². The lowest BCUT2D eigenvalue weighted by Crippen LogP contribution is -2.50. The van der Waals surface area contributed by atoms with Crippen molar-refractivity contribution in [2.45, 2.75) is 37.9 Å². The predicted molar refractivity (Wildman–Crippen MR) is 87.6 cm³/mol. The lowest BCUT2D eigenvalue weighted by molar-refractivity contribution is -0.0301. The summed E-state index contributed by atoms with van der Waals surface area (Å²) in [7, 11) is 0. The van der Waals surface area contributed by atoms with Crippen molar-refractivity contribution in [1.82, 2.24) is 9.97 Å². The number of aliphatic hydroxyl groups is 1. The minimum absolute atomic E-state index is 0.271. The third kappa shape index (κ3) is 2.65. The van der Waals surface area contributed by atoms with Gasteiger partial charge in [-0.05, 0) is 25.1 Å². The standard InChI is InChI=1S/C18H21N3O2/c1-13-3-4-16-14(11-13)15(22)12-18(23-16)5-9-21(10-6-18)17-19-7-2-8-20-17/h2-4,7-8,11,15,22H,5-6,9-10,12H2,1H3. The van der Waals surface area contributed by atoms with E-state index in [4.69, 9.17) is 4.74 Å². The predicted octanol–water partition coefficient (Wildman–Crippen LogP) is 2.64. The average Bonchev–Trinajstić information content (AvgIpc) is 2.57. The molecule has 23 heavy (non-hydrogen) atoms. The fraction of sp³-hybridized carbons (Fsp3) is 0.444. The first-order valence-electron chi connectivity index (χ1n) is 8.15. The highest BCUT2D eigenvalue weighted by molar-refractivity contribution is 5.41. The lowest BCUT2D eigenvalue weighted by Gasteiger charge is -2.46. The summed E-state index contributed by atoms with van der Waals surface area (Å²) in [6, 6.07) is 7.88. The number of piperidine rings is 1. The van der Waals surface area contributed by atoms with Crippen LogP contribution in [-0.2, 0) is 0 Å². The molecule has 1 aromatic heterocycles. The second kappa shape index (κ2) is 5.49. The van der Waals surface area contributed by atoms with Crippen LogP contribution in [-0.4, -0.2) is 33.8 Å². The van der Waals surface area contributed by atoms with Gasteiger partial charge >= 0.3 is 0 Å². The Balaban J connectivity index is 1.52. The SMILES string of the molecule is Cc1ccc2c(c1)C(O)CC1(CCN(c3ncccn3)CC1)O2. The third-order valence-corrected chi connectivity index (χ3v) is 4.93. The Bertz CT molecular complexity index is 697. The van der Waals surface area contributed by atoms with Crippen molar-refractivity contribution in [3.05, 3.63) is 47.8 Å². The minimum atomic E-state index is -0.446.